The summed E-state index contributed by atoms with van der Waals surface area (Å²) in [6.07, 6.45) is 9.45. The Labute approximate surface area is 120 Å². The van der Waals surface area contributed by atoms with Gasteiger partial charge in [-0.3, -0.25) is 0 Å². The molecular weight excluding hydrogens is 246 g/mol. The van der Waals surface area contributed by atoms with Gasteiger partial charge in [0.25, 0.3) is 0 Å². The molecule has 19 heavy (non-hydrogen) atoms. The van der Waals surface area contributed by atoms with Gasteiger partial charge in [0.2, 0.25) is 0 Å². The Morgan fingerprint density at radius 1 is 0.895 bits per heavy atom. The number of hydrogen-bond acceptors (Lipinski definition) is 1. The van der Waals surface area contributed by atoms with E-state index in [9.17, 15) is 0 Å². The van der Waals surface area contributed by atoms with Gasteiger partial charge in [-0.15, -0.1) is 0 Å². The average Bonchev–Trinajstić information content (AvgIpc) is 2.49. The standard InChI is InChI=1S/C17H31NSi/c1-12-13(2)16(15-11-9-8-10-14(12)15)19(6,7)18-17(3,4)5/h8-16,18H,1-7H3. The van der Waals surface area contributed by atoms with Crippen LogP contribution in [0.2, 0.25) is 18.6 Å². The van der Waals surface area contributed by atoms with E-state index in [4.69, 9.17) is 0 Å². The van der Waals surface area contributed by atoms with Crippen LogP contribution in [-0.2, 0) is 0 Å². The van der Waals surface area contributed by atoms with Gasteiger partial charge < -0.3 is 4.98 Å². The Morgan fingerprint density at radius 2 is 1.42 bits per heavy atom. The quantitative estimate of drug-likeness (QED) is 0.728. The van der Waals surface area contributed by atoms with Gasteiger partial charge in [0.05, 0.1) is 0 Å². The van der Waals surface area contributed by atoms with Crippen molar-refractivity contribution in [2.75, 3.05) is 0 Å². The smallest absolute Gasteiger partial charge is 0.123 e. The predicted molar refractivity (Wildman–Crippen MR) is 87.7 cm³/mol. The van der Waals surface area contributed by atoms with Crippen molar-refractivity contribution in [2.45, 2.75) is 58.8 Å². The molecule has 5 unspecified atom stereocenters. The lowest BCUT2D eigenvalue weighted by Gasteiger charge is -2.42. The molecule has 5 atom stereocenters. The van der Waals surface area contributed by atoms with Crippen molar-refractivity contribution in [2.24, 2.45) is 23.7 Å². The monoisotopic (exact) mass is 277 g/mol. The van der Waals surface area contributed by atoms with E-state index in [1.54, 1.807) is 0 Å². The minimum atomic E-state index is -1.45. The second kappa shape index (κ2) is 4.89. The first-order chi connectivity index (χ1) is 8.63. The summed E-state index contributed by atoms with van der Waals surface area (Å²) in [7, 11) is -1.45. The van der Waals surface area contributed by atoms with Gasteiger partial charge in [-0.1, -0.05) is 51.2 Å². The van der Waals surface area contributed by atoms with Crippen LogP contribution in [-0.4, -0.2) is 13.8 Å². The fourth-order valence-corrected chi connectivity index (χ4v) is 9.76. The summed E-state index contributed by atoms with van der Waals surface area (Å²) in [6, 6.07) is 0. The van der Waals surface area contributed by atoms with Gasteiger partial charge in [0, 0.05) is 5.54 Å². The molecule has 108 valence electrons. The summed E-state index contributed by atoms with van der Waals surface area (Å²) < 4.78 is 0. The topological polar surface area (TPSA) is 12.0 Å². The zero-order valence-corrected chi connectivity index (χ0v) is 14.7. The second-order valence-corrected chi connectivity index (χ2v) is 12.6. The van der Waals surface area contributed by atoms with E-state index in [0.29, 0.717) is 0 Å². The second-order valence-electron chi connectivity index (χ2n) is 8.27. The molecule has 1 N–H and O–H groups in total. The highest BCUT2D eigenvalue weighted by Gasteiger charge is 2.52. The third kappa shape index (κ3) is 2.90. The van der Waals surface area contributed by atoms with Crippen LogP contribution in [0.15, 0.2) is 24.3 Å². The molecule has 2 aliphatic rings. The molecule has 0 aromatic rings. The molecule has 0 amide bonds. The third-order valence-corrected chi connectivity index (χ3v) is 9.14. The minimum absolute atomic E-state index is 0.227. The molecule has 0 spiro atoms. The summed E-state index contributed by atoms with van der Waals surface area (Å²) in [5.74, 6) is 3.15. The normalized spacial score (nSPS) is 38.6. The maximum atomic E-state index is 4.00. The SMILES string of the molecule is CC1C(C)C([Si](C)(C)NC(C)(C)C)C2C=CC=CC12. The van der Waals surface area contributed by atoms with Crippen molar-refractivity contribution in [3.05, 3.63) is 24.3 Å². The van der Waals surface area contributed by atoms with E-state index in [1.807, 2.05) is 0 Å². The van der Waals surface area contributed by atoms with Gasteiger partial charge in [-0.05, 0) is 50.0 Å². The highest BCUT2D eigenvalue weighted by molar-refractivity contribution is 6.76. The number of fused-ring (bicyclic) bond motifs is 1. The molecule has 2 rings (SSSR count). The van der Waals surface area contributed by atoms with Crippen molar-refractivity contribution in [3.8, 4) is 0 Å². The Bertz CT molecular complexity index is 389. The van der Waals surface area contributed by atoms with Gasteiger partial charge in [-0.2, -0.15) is 0 Å². The van der Waals surface area contributed by atoms with Crippen LogP contribution >= 0.6 is 0 Å². The molecule has 0 aromatic carbocycles. The lowest BCUT2D eigenvalue weighted by Crippen LogP contribution is -2.58. The van der Waals surface area contributed by atoms with Crippen molar-refractivity contribution >= 4 is 8.24 Å². The first kappa shape index (κ1) is 15.1. The number of hydrogen-bond donors (Lipinski definition) is 1. The first-order valence-electron chi connectivity index (χ1n) is 7.78. The maximum Gasteiger partial charge on any atom is 0.123 e. The van der Waals surface area contributed by atoms with Crippen molar-refractivity contribution in [3.63, 3.8) is 0 Å². The zero-order chi connectivity index (χ0) is 14.4. The van der Waals surface area contributed by atoms with Crippen molar-refractivity contribution in [1.29, 1.82) is 0 Å². The molecule has 1 fully saturated rings. The van der Waals surface area contributed by atoms with E-state index in [1.165, 1.54) is 0 Å². The zero-order valence-electron chi connectivity index (χ0n) is 13.7. The average molecular weight is 278 g/mol. The third-order valence-electron chi connectivity index (χ3n) is 5.17. The minimum Gasteiger partial charge on any atom is -0.332 e. The fourth-order valence-electron chi connectivity index (χ4n) is 4.74. The highest BCUT2D eigenvalue weighted by atomic mass is 28.3. The van der Waals surface area contributed by atoms with Crippen LogP contribution in [0.4, 0.5) is 0 Å². The molecule has 0 saturated heterocycles. The molecule has 0 bridgehead atoms. The van der Waals surface area contributed by atoms with E-state index >= 15 is 0 Å². The van der Waals surface area contributed by atoms with E-state index < -0.39 is 8.24 Å². The van der Waals surface area contributed by atoms with Crippen LogP contribution in [0, 0.1) is 23.7 Å². The molecular formula is C17H31NSi. The van der Waals surface area contributed by atoms with Crippen LogP contribution in [0.1, 0.15) is 34.6 Å². The first-order valence-corrected chi connectivity index (χ1v) is 10.9. The summed E-state index contributed by atoms with van der Waals surface area (Å²) >= 11 is 0. The molecule has 1 nitrogen and oxygen atoms in total. The van der Waals surface area contributed by atoms with Crippen LogP contribution < -0.4 is 4.98 Å². The number of nitrogens with one attached hydrogen (secondary N) is 1. The van der Waals surface area contributed by atoms with Crippen molar-refractivity contribution in [1.82, 2.24) is 4.98 Å². The summed E-state index contributed by atoms with van der Waals surface area (Å²) in [6.45, 7) is 16.9. The Hall–Kier alpha value is -0.343. The van der Waals surface area contributed by atoms with Gasteiger partial charge in [0.15, 0.2) is 0 Å². The fraction of sp³-hybridized carbons (Fsp3) is 0.765. The largest absolute Gasteiger partial charge is 0.332 e. The Kier molecular flexibility index (Phi) is 3.87. The van der Waals surface area contributed by atoms with Crippen LogP contribution in [0.5, 0.6) is 0 Å². The number of allylic oxidation sites excluding steroid dienone is 4. The van der Waals surface area contributed by atoms with Gasteiger partial charge in [0.1, 0.15) is 8.24 Å². The molecule has 2 aliphatic carbocycles. The predicted octanol–water partition coefficient (Wildman–Crippen LogP) is 4.59. The lowest BCUT2D eigenvalue weighted by molar-refractivity contribution is 0.393. The van der Waals surface area contributed by atoms with Gasteiger partial charge >= 0.3 is 0 Å². The van der Waals surface area contributed by atoms with E-state index in [2.05, 4.69) is 77.0 Å². The summed E-state index contributed by atoms with van der Waals surface area (Å²) in [5, 5.41) is 0. The van der Waals surface area contributed by atoms with Gasteiger partial charge in [-0.25, -0.2) is 0 Å². The molecule has 0 heterocycles. The van der Waals surface area contributed by atoms with Crippen LogP contribution in [0.3, 0.4) is 0 Å². The molecule has 0 radical (unpaired) electrons. The molecule has 0 aromatic heterocycles. The molecule has 0 aliphatic heterocycles. The Morgan fingerprint density at radius 3 is 1.95 bits per heavy atom. The molecule has 1 saturated carbocycles. The van der Waals surface area contributed by atoms with Crippen LogP contribution in [0.25, 0.3) is 0 Å². The van der Waals surface area contributed by atoms with E-state index in [0.717, 1.165) is 29.2 Å². The Balaban J connectivity index is 2.28. The lowest BCUT2D eigenvalue weighted by atomic mass is 9.86. The maximum absolute atomic E-state index is 4.00. The molecule has 2 heteroatoms. The summed E-state index contributed by atoms with van der Waals surface area (Å²) in [5.41, 5.74) is 1.07. The van der Waals surface area contributed by atoms with E-state index in [-0.39, 0.29) is 5.54 Å². The summed E-state index contributed by atoms with van der Waals surface area (Å²) in [4.78, 5) is 4.00. The number of rotatable bonds is 2. The van der Waals surface area contributed by atoms with Crippen molar-refractivity contribution < 1.29 is 0 Å². The highest BCUT2D eigenvalue weighted by Crippen LogP contribution is 2.55.